The van der Waals surface area contributed by atoms with Gasteiger partial charge in [-0.25, -0.2) is 8.42 Å². The fraction of sp³-hybridized carbons (Fsp3) is 0.333. The summed E-state index contributed by atoms with van der Waals surface area (Å²) in [6, 6.07) is 17.9. The van der Waals surface area contributed by atoms with Gasteiger partial charge in [0.25, 0.3) is 10.0 Å². The first kappa shape index (κ1) is 30.5. The minimum Gasteiger partial charge on any atom is -0.497 e. The number of nitrogens with one attached hydrogen (secondary N) is 1. The minimum atomic E-state index is -4.20. The molecule has 0 aliphatic rings. The van der Waals surface area contributed by atoms with Crippen LogP contribution in [0.15, 0.2) is 71.6 Å². The summed E-state index contributed by atoms with van der Waals surface area (Å²) in [6.07, 6.45) is 0.333. The van der Waals surface area contributed by atoms with E-state index in [-0.39, 0.29) is 23.0 Å². The summed E-state index contributed by atoms with van der Waals surface area (Å²) in [5.74, 6) is 0.0759. The normalized spacial score (nSPS) is 11.8. The zero-order valence-corrected chi connectivity index (χ0v) is 24.6. The Morgan fingerprint density at radius 3 is 2.08 bits per heavy atom. The number of hydrogen-bond acceptors (Lipinski definition) is 6. The third-order valence-electron chi connectivity index (χ3n) is 6.64. The van der Waals surface area contributed by atoms with Gasteiger partial charge >= 0.3 is 0 Å². The van der Waals surface area contributed by atoms with E-state index in [4.69, 9.17) is 9.47 Å². The zero-order chi connectivity index (χ0) is 29.4. The van der Waals surface area contributed by atoms with E-state index in [1.807, 2.05) is 13.8 Å². The number of ether oxygens (including phenoxy) is 2. The average Bonchev–Trinajstić information content (AvgIpc) is 2.95. The first-order valence-corrected chi connectivity index (χ1v) is 14.4. The van der Waals surface area contributed by atoms with Gasteiger partial charge in [0, 0.05) is 13.6 Å². The summed E-state index contributed by atoms with van der Waals surface area (Å²) < 4.78 is 39.9. The van der Waals surface area contributed by atoms with Gasteiger partial charge < -0.3 is 19.7 Å². The van der Waals surface area contributed by atoms with Crippen LogP contribution in [0.5, 0.6) is 11.5 Å². The van der Waals surface area contributed by atoms with Crippen molar-refractivity contribution in [3.05, 3.63) is 83.4 Å². The highest BCUT2D eigenvalue weighted by Gasteiger charge is 2.34. The van der Waals surface area contributed by atoms with Gasteiger partial charge in [0.2, 0.25) is 11.8 Å². The third kappa shape index (κ3) is 6.93. The maximum Gasteiger partial charge on any atom is 0.264 e. The lowest BCUT2D eigenvalue weighted by molar-refractivity contribution is -0.140. The average molecular weight is 568 g/mol. The Hall–Kier alpha value is -4.05. The van der Waals surface area contributed by atoms with Gasteiger partial charge in [0.05, 0.1) is 24.8 Å². The number of benzene rings is 3. The van der Waals surface area contributed by atoms with Crippen LogP contribution in [0, 0.1) is 13.8 Å². The number of hydrogen-bond donors (Lipinski definition) is 1. The molecule has 3 rings (SSSR count). The second-order valence-electron chi connectivity index (χ2n) is 9.41. The Morgan fingerprint density at radius 1 is 0.900 bits per heavy atom. The topological polar surface area (TPSA) is 105 Å². The van der Waals surface area contributed by atoms with Crippen molar-refractivity contribution in [1.82, 2.24) is 10.2 Å². The molecule has 10 heteroatoms. The van der Waals surface area contributed by atoms with Crippen LogP contribution in [0.1, 0.15) is 30.0 Å². The quantitative estimate of drug-likeness (QED) is 0.354. The molecule has 40 heavy (non-hydrogen) atoms. The van der Waals surface area contributed by atoms with Crippen LogP contribution < -0.4 is 19.1 Å². The molecule has 9 nitrogen and oxygen atoms in total. The monoisotopic (exact) mass is 567 g/mol. The Morgan fingerprint density at radius 2 is 1.52 bits per heavy atom. The summed E-state index contributed by atoms with van der Waals surface area (Å²) in [6.45, 7) is 5.05. The van der Waals surface area contributed by atoms with Crippen molar-refractivity contribution in [1.29, 1.82) is 0 Å². The Labute approximate surface area is 236 Å². The van der Waals surface area contributed by atoms with Gasteiger partial charge in [-0.3, -0.25) is 13.9 Å². The van der Waals surface area contributed by atoms with E-state index in [2.05, 4.69) is 5.32 Å². The molecule has 0 spiro atoms. The van der Waals surface area contributed by atoms with Gasteiger partial charge in [-0.05, 0) is 67.8 Å². The fourth-order valence-corrected chi connectivity index (χ4v) is 5.78. The van der Waals surface area contributed by atoms with E-state index in [0.29, 0.717) is 17.9 Å². The maximum absolute atomic E-state index is 14.1. The second kappa shape index (κ2) is 13.3. The molecule has 3 aromatic rings. The molecule has 1 atom stereocenters. The summed E-state index contributed by atoms with van der Waals surface area (Å²) in [5.41, 5.74) is 2.68. The van der Waals surface area contributed by atoms with Crippen molar-refractivity contribution in [3.8, 4) is 11.5 Å². The number of aryl methyl sites for hydroxylation is 2. The zero-order valence-electron chi connectivity index (χ0n) is 23.8. The van der Waals surface area contributed by atoms with Gasteiger partial charge in [0.1, 0.15) is 24.1 Å². The van der Waals surface area contributed by atoms with E-state index < -0.39 is 28.5 Å². The van der Waals surface area contributed by atoms with Crippen LogP contribution in [0.2, 0.25) is 0 Å². The molecule has 1 N–H and O–H groups in total. The number of anilines is 1. The third-order valence-corrected chi connectivity index (χ3v) is 8.41. The second-order valence-corrected chi connectivity index (χ2v) is 11.3. The fourth-order valence-electron chi connectivity index (χ4n) is 4.36. The van der Waals surface area contributed by atoms with Crippen LogP contribution in [-0.2, 0) is 26.2 Å². The molecule has 0 heterocycles. The van der Waals surface area contributed by atoms with E-state index in [9.17, 15) is 18.0 Å². The summed E-state index contributed by atoms with van der Waals surface area (Å²) in [4.78, 5) is 28.4. The van der Waals surface area contributed by atoms with Crippen molar-refractivity contribution in [2.45, 2.75) is 44.7 Å². The number of carbonyl (C=O) groups is 2. The first-order valence-electron chi connectivity index (χ1n) is 12.9. The summed E-state index contributed by atoms with van der Waals surface area (Å²) in [7, 11) is 0.314. The van der Waals surface area contributed by atoms with E-state index in [0.717, 1.165) is 21.0 Å². The molecule has 0 aromatic heterocycles. The van der Waals surface area contributed by atoms with Gasteiger partial charge in [-0.15, -0.1) is 0 Å². The van der Waals surface area contributed by atoms with Crippen LogP contribution >= 0.6 is 0 Å². The predicted octanol–water partition coefficient (Wildman–Crippen LogP) is 4.07. The Balaban J connectivity index is 2.12. The molecule has 0 unspecified atom stereocenters. The van der Waals surface area contributed by atoms with Crippen molar-refractivity contribution in [3.63, 3.8) is 0 Å². The molecule has 0 aliphatic carbocycles. The van der Waals surface area contributed by atoms with Crippen molar-refractivity contribution in [2.75, 3.05) is 32.1 Å². The summed E-state index contributed by atoms with van der Waals surface area (Å²) >= 11 is 0. The van der Waals surface area contributed by atoms with Crippen molar-refractivity contribution >= 4 is 27.5 Å². The van der Waals surface area contributed by atoms with Crippen molar-refractivity contribution < 1.29 is 27.5 Å². The predicted molar refractivity (Wildman–Crippen MR) is 155 cm³/mol. The molecule has 214 valence electrons. The molecule has 2 amide bonds. The van der Waals surface area contributed by atoms with Gasteiger partial charge in [-0.2, -0.15) is 0 Å². The molecule has 0 radical (unpaired) electrons. The Kier molecular flexibility index (Phi) is 10.2. The molecule has 0 bridgehead atoms. The lowest BCUT2D eigenvalue weighted by Crippen LogP contribution is -2.51. The number of amides is 2. The largest absolute Gasteiger partial charge is 0.497 e. The lowest BCUT2D eigenvalue weighted by Gasteiger charge is -2.33. The standard InChI is InChI=1S/C30H37N3O6S/c1-7-26(30(35)31-4)32(19-23-11-13-24(38-5)14-12-23)29(34)20-33(27-18-22(3)10-17-28(27)39-6)40(36,37)25-15-8-21(2)9-16-25/h8-18,26H,7,19-20H2,1-6H3,(H,31,35)/t26-/m0/s1. The van der Waals surface area contributed by atoms with Crippen molar-refractivity contribution in [2.24, 2.45) is 0 Å². The maximum atomic E-state index is 14.1. The number of rotatable bonds is 12. The SMILES string of the molecule is CC[C@@H](C(=O)NC)N(Cc1ccc(OC)cc1)C(=O)CN(c1cc(C)ccc1OC)S(=O)(=O)c1ccc(C)cc1. The number of sulfonamides is 1. The highest BCUT2D eigenvalue weighted by atomic mass is 32.2. The lowest BCUT2D eigenvalue weighted by atomic mass is 10.1. The number of carbonyl (C=O) groups excluding carboxylic acids is 2. The van der Waals surface area contributed by atoms with E-state index >= 15 is 0 Å². The van der Waals surface area contributed by atoms with Crippen LogP contribution in [0.3, 0.4) is 0 Å². The summed E-state index contributed by atoms with van der Waals surface area (Å²) in [5, 5.41) is 2.62. The molecule has 3 aromatic carbocycles. The van der Waals surface area contributed by atoms with E-state index in [1.54, 1.807) is 68.6 Å². The van der Waals surface area contributed by atoms with Gasteiger partial charge in [0.15, 0.2) is 0 Å². The van der Waals surface area contributed by atoms with Crippen LogP contribution in [-0.4, -0.2) is 59.0 Å². The van der Waals surface area contributed by atoms with Crippen LogP contribution in [0.25, 0.3) is 0 Å². The highest BCUT2D eigenvalue weighted by molar-refractivity contribution is 7.92. The van der Waals surface area contributed by atoms with Crippen LogP contribution in [0.4, 0.5) is 5.69 Å². The number of nitrogens with zero attached hydrogens (tertiary/aromatic N) is 2. The molecule has 0 saturated carbocycles. The number of likely N-dealkylation sites (N-methyl/N-ethyl adjacent to an activating group) is 1. The molecular weight excluding hydrogens is 530 g/mol. The molecule has 0 aliphatic heterocycles. The van der Waals surface area contributed by atoms with E-state index in [1.165, 1.54) is 31.2 Å². The molecule has 0 saturated heterocycles. The smallest absolute Gasteiger partial charge is 0.264 e. The van der Waals surface area contributed by atoms with Gasteiger partial charge in [-0.1, -0.05) is 42.8 Å². The number of methoxy groups -OCH3 is 2. The highest BCUT2D eigenvalue weighted by Crippen LogP contribution is 2.34. The minimum absolute atomic E-state index is 0.0366. The first-order chi connectivity index (χ1) is 19.0. The Bertz CT molecular complexity index is 1420. The molecular formula is C30H37N3O6S. The molecule has 0 fully saturated rings.